The highest BCUT2D eigenvalue weighted by Crippen LogP contribution is 2.37. The lowest BCUT2D eigenvalue weighted by Gasteiger charge is -2.09. The van der Waals surface area contributed by atoms with Crippen LogP contribution in [0.25, 0.3) is 11.1 Å². The number of nitrogens with one attached hydrogen (secondary N) is 1. The number of amides is 1. The van der Waals surface area contributed by atoms with E-state index in [1.807, 2.05) is 0 Å². The number of halogens is 3. The van der Waals surface area contributed by atoms with Crippen molar-refractivity contribution in [2.45, 2.75) is 11.8 Å². The van der Waals surface area contributed by atoms with Gasteiger partial charge in [-0.15, -0.1) is 21.5 Å². The second-order valence-corrected chi connectivity index (χ2v) is 10.6. The summed E-state index contributed by atoms with van der Waals surface area (Å²) in [4.78, 5) is 25.3. The highest BCUT2D eigenvalue weighted by Gasteiger charge is 2.23. The van der Waals surface area contributed by atoms with E-state index in [9.17, 15) is 9.59 Å². The Labute approximate surface area is 235 Å². The third kappa shape index (κ3) is 6.58. The van der Waals surface area contributed by atoms with Gasteiger partial charge in [-0.05, 0) is 35.9 Å². The van der Waals surface area contributed by atoms with Gasteiger partial charge in [0.05, 0.1) is 17.9 Å². The van der Waals surface area contributed by atoms with Gasteiger partial charge in [0.15, 0.2) is 11.0 Å². The maximum absolute atomic E-state index is 12.7. The number of carbonyl (C=O) groups excluding carboxylic acids is 2. The number of anilines is 1. The van der Waals surface area contributed by atoms with E-state index < -0.39 is 5.97 Å². The Morgan fingerprint density at radius 1 is 1.08 bits per heavy atom. The van der Waals surface area contributed by atoms with Crippen molar-refractivity contribution in [1.29, 1.82) is 0 Å². The summed E-state index contributed by atoms with van der Waals surface area (Å²) in [5.74, 6) is 0.206. The van der Waals surface area contributed by atoms with Crippen LogP contribution >= 0.6 is 57.9 Å². The van der Waals surface area contributed by atoms with Crippen LogP contribution in [0.4, 0.5) is 5.00 Å². The lowest BCUT2D eigenvalue weighted by molar-refractivity contribution is -0.113. The van der Waals surface area contributed by atoms with Crippen LogP contribution in [0.15, 0.2) is 53.0 Å². The van der Waals surface area contributed by atoms with E-state index in [1.165, 1.54) is 30.2 Å². The van der Waals surface area contributed by atoms with Crippen molar-refractivity contribution in [2.75, 3.05) is 18.2 Å². The third-order valence-electron chi connectivity index (χ3n) is 5.10. The zero-order valence-corrected chi connectivity index (χ0v) is 23.4. The first-order chi connectivity index (χ1) is 17.8. The van der Waals surface area contributed by atoms with E-state index >= 15 is 0 Å². The van der Waals surface area contributed by atoms with Gasteiger partial charge in [-0.2, -0.15) is 0 Å². The van der Waals surface area contributed by atoms with Crippen molar-refractivity contribution in [3.05, 3.63) is 74.3 Å². The molecule has 4 rings (SSSR count). The monoisotopic (exact) mass is 596 g/mol. The summed E-state index contributed by atoms with van der Waals surface area (Å²) in [6.45, 7) is 0.128. The van der Waals surface area contributed by atoms with E-state index in [0.29, 0.717) is 42.4 Å². The van der Waals surface area contributed by atoms with Gasteiger partial charge in [0.2, 0.25) is 5.91 Å². The topological polar surface area (TPSA) is 95.3 Å². The first-order valence-corrected chi connectivity index (χ1v) is 13.6. The van der Waals surface area contributed by atoms with Gasteiger partial charge < -0.3 is 19.4 Å². The first-order valence-electron chi connectivity index (χ1n) is 10.6. The highest BCUT2D eigenvalue weighted by molar-refractivity contribution is 7.99. The second-order valence-electron chi connectivity index (χ2n) is 7.51. The van der Waals surface area contributed by atoms with E-state index in [0.717, 1.165) is 5.56 Å². The number of benzene rings is 2. The average Bonchev–Trinajstić information content (AvgIpc) is 3.45. The van der Waals surface area contributed by atoms with Crippen LogP contribution in [0, 0.1) is 0 Å². The molecule has 0 aliphatic carbocycles. The number of esters is 1. The number of hydrogen-bond donors (Lipinski definition) is 1. The summed E-state index contributed by atoms with van der Waals surface area (Å²) >= 11 is 20.5. The van der Waals surface area contributed by atoms with Crippen molar-refractivity contribution < 1.29 is 19.1 Å². The highest BCUT2D eigenvalue weighted by atomic mass is 35.5. The molecule has 37 heavy (non-hydrogen) atoms. The second kappa shape index (κ2) is 12.2. The molecule has 0 spiro atoms. The van der Waals surface area contributed by atoms with Gasteiger partial charge in [0.1, 0.15) is 22.9 Å². The number of rotatable bonds is 9. The van der Waals surface area contributed by atoms with Crippen LogP contribution in [-0.4, -0.2) is 39.5 Å². The number of thiophene rings is 1. The van der Waals surface area contributed by atoms with Crippen molar-refractivity contribution in [3.63, 3.8) is 0 Å². The fourth-order valence-electron chi connectivity index (χ4n) is 3.22. The number of methoxy groups -OCH3 is 1. The molecular weight excluding hydrogens is 579 g/mol. The minimum Gasteiger partial charge on any atom is -0.484 e. The molecule has 192 valence electrons. The molecule has 0 fully saturated rings. The normalized spacial score (nSPS) is 10.8. The fraction of sp³-hybridized carbons (Fsp3) is 0.167. The van der Waals surface area contributed by atoms with E-state index in [-0.39, 0.29) is 23.8 Å². The lowest BCUT2D eigenvalue weighted by Crippen LogP contribution is -2.16. The van der Waals surface area contributed by atoms with Crippen molar-refractivity contribution >= 4 is 74.8 Å². The Kier molecular flexibility index (Phi) is 8.99. The van der Waals surface area contributed by atoms with Crippen molar-refractivity contribution in [3.8, 4) is 16.9 Å². The molecular formula is C24H19Cl3N4O4S2. The first kappa shape index (κ1) is 27.3. The quantitative estimate of drug-likeness (QED) is 0.172. The van der Waals surface area contributed by atoms with E-state index in [2.05, 4.69) is 15.5 Å². The Balaban J connectivity index is 1.40. The van der Waals surface area contributed by atoms with Crippen molar-refractivity contribution in [2.24, 2.45) is 7.05 Å². The van der Waals surface area contributed by atoms with E-state index in [4.69, 9.17) is 44.3 Å². The van der Waals surface area contributed by atoms with Crippen LogP contribution in [0.1, 0.15) is 16.2 Å². The predicted octanol–water partition coefficient (Wildman–Crippen LogP) is 6.60. The van der Waals surface area contributed by atoms with Crippen LogP contribution in [0.5, 0.6) is 5.75 Å². The molecule has 0 bridgehead atoms. The Morgan fingerprint density at radius 2 is 1.81 bits per heavy atom. The molecule has 2 heterocycles. The Bertz CT molecular complexity index is 1440. The standard InChI is InChI=1S/C24H19Cl3N4O4S2/c1-31-19(10-35-18-8-7-15(26)9-17(18)27)29-30-24(31)37-12-20(32)28-22-21(23(33)34-2)16(11-36-22)13-3-5-14(25)6-4-13/h3-9,11H,10,12H2,1-2H3,(H,28,32). The zero-order chi connectivity index (χ0) is 26.5. The molecule has 8 nitrogen and oxygen atoms in total. The molecule has 1 N–H and O–H groups in total. The molecule has 0 unspecified atom stereocenters. The lowest BCUT2D eigenvalue weighted by atomic mass is 10.0. The minimum absolute atomic E-state index is 0.0463. The number of ether oxygens (including phenoxy) is 2. The molecule has 0 aliphatic heterocycles. The van der Waals surface area contributed by atoms with Gasteiger partial charge in [-0.1, -0.05) is 58.7 Å². The maximum Gasteiger partial charge on any atom is 0.341 e. The summed E-state index contributed by atoms with van der Waals surface area (Å²) in [5, 5.41) is 15.3. The van der Waals surface area contributed by atoms with Gasteiger partial charge in [-0.25, -0.2) is 4.79 Å². The molecule has 1 amide bonds. The summed E-state index contributed by atoms with van der Waals surface area (Å²) in [6.07, 6.45) is 0. The number of carbonyl (C=O) groups is 2. The minimum atomic E-state index is -0.548. The Hall–Kier alpha value is -2.76. The van der Waals surface area contributed by atoms with Crippen LogP contribution in [0.3, 0.4) is 0 Å². The predicted molar refractivity (Wildman–Crippen MR) is 147 cm³/mol. The van der Waals surface area contributed by atoms with Crippen LogP contribution in [-0.2, 0) is 23.2 Å². The van der Waals surface area contributed by atoms with Gasteiger partial charge in [-0.3, -0.25) is 4.79 Å². The molecule has 0 saturated heterocycles. The zero-order valence-electron chi connectivity index (χ0n) is 19.5. The van der Waals surface area contributed by atoms with Gasteiger partial charge >= 0.3 is 5.97 Å². The molecule has 0 atom stereocenters. The maximum atomic E-state index is 12.7. The summed E-state index contributed by atoms with van der Waals surface area (Å²) in [6, 6.07) is 12.0. The molecule has 0 aliphatic rings. The number of aromatic nitrogens is 3. The van der Waals surface area contributed by atoms with Crippen LogP contribution in [0.2, 0.25) is 15.1 Å². The largest absolute Gasteiger partial charge is 0.484 e. The number of thioether (sulfide) groups is 1. The summed E-state index contributed by atoms with van der Waals surface area (Å²) < 4.78 is 12.4. The molecule has 2 aromatic heterocycles. The summed E-state index contributed by atoms with van der Waals surface area (Å²) in [7, 11) is 3.07. The van der Waals surface area contributed by atoms with Gasteiger partial charge in [0.25, 0.3) is 0 Å². The Morgan fingerprint density at radius 3 is 2.51 bits per heavy atom. The third-order valence-corrected chi connectivity index (χ3v) is 7.79. The average molecular weight is 598 g/mol. The molecule has 0 radical (unpaired) electrons. The molecule has 13 heteroatoms. The van der Waals surface area contributed by atoms with Gasteiger partial charge in [0, 0.05) is 28.0 Å². The molecule has 0 saturated carbocycles. The van der Waals surface area contributed by atoms with Crippen LogP contribution < -0.4 is 10.1 Å². The summed E-state index contributed by atoms with van der Waals surface area (Å²) in [5.41, 5.74) is 1.71. The fourth-order valence-corrected chi connectivity index (χ4v) is 5.51. The number of nitrogens with zero attached hydrogens (tertiary/aromatic N) is 3. The molecule has 4 aromatic rings. The molecule has 2 aromatic carbocycles. The SMILES string of the molecule is COC(=O)c1c(-c2ccc(Cl)cc2)csc1NC(=O)CSc1nnc(COc2ccc(Cl)cc2Cl)n1C. The van der Waals surface area contributed by atoms with E-state index in [1.54, 1.807) is 59.5 Å². The smallest absolute Gasteiger partial charge is 0.341 e. The number of hydrogen-bond acceptors (Lipinski definition) is 8. The van der Waals surface area contributed by atoms with Crippen molar-refractivity contribution in [1.82, 2.24) is 14.8 Å².